The Morgan fingerprint density at radius 1 is 1.34 bits per heavy atom. The van der Waals surface area contributed by atoms with E-state index in [0.29, 0.717) is 18.1 Å². The zero-order valence-corrected chi connectivity index (χ0v) is 19.1. The summed E-state index contributed by atoms with van der Waals surface area (Å²) in [5, 5.41) is 5.08. The molecule has 3 rings (SSSR count). The maximum Gasteiger partial charge on any atom is 0.346 e. The topological polar surface area (TPSA) is 117 Å². The quantitative estimate of drug-likeness (QED) is 0.358. The minimum Gasteiger partial charge on any atom is -0.724 e. The highest BCUT2D eigenvalue weighted by Crippen LogP contribution is 2.36. The number of hydrogen-bond acceptors (Lipinski definition) is 7. The zero-order chi connectivity index (χ0) is 21.6. The van der Waals surface area contributed by atoms with Crippen LogP contribution in [-0.2, 0) is 25.5 Å². The molecule has 162 valence electrons. The Morgan fingerprint density at radius 3 is 2.66 bits per heavy atom. The molecule has 0 aliphatic carbocycles. The van der Waals surface area contributed by atoms with Crippen LogP contribution in [0.2, 0.25) is 18.1 Å². The van der Waals surface area contributed by atoms with E-state index < -0.39 is 30.8 Å². The molecule has 0 radical (unpaired) electrons. The average Bonchev–Trinajstić information content (AvgIpc) is 3.12. The van der Waals surface area contributed by atoms with Gasteiger partial charge in [0.05, 0.1) is 12.2 Å². The van der Waals surface area contributed by atoms with Gasteiger partial charge in [0.25, 0.3) is 0 Å². The Kier molecular flexibility index (Phi) is 5.68. The third kappa shape index (κ3) is 4.72. The molecule has 1 atom stereocenters. The highest BCUT2D eigenvalue weighted by molar-refractivity contribution is 7.80. The van der Waals surface area contributed by atoms with E-state index in [1.54, 1.807) is 17.0 Å². The third-order valence-corrected chi connectivity index (χ3v) is 10.6. The maximum absolute atomic E-state index is 12.3. The monoisotopic (exact) mass is 443 g/mol. The lowest BCUT2D eigenvalue weighted by atomic mass is 10.2. The molecule has 1 aromatic heterocycles. The van der Waals surface area contributed by atoms with Crippen molar-refractivity contribution in [1.82, 2.24) is 19.7 Å². The fourth-order valence-corrected chi connectivity index (χ4v) is 4.53. The summed E-state index contributed by atoms with van der Waals surface area (Å²) in [5.41, 5.74) is 1.64. The third-order valence-electron chi connectivity index (χ3n) is 5.70. The van der Waals surface area contributed by atoms with Gasteiger partial charge in [0.1, 0.15) is 6.04 Å². The Bertz CT molecular complexity index is 921. The number of hydroxylamine groups is 2. The van der Waals surface area contributed by atoms with Crippen LogP contribution < -0.4 is 0 Å². The molecule has 0 N–H and O–H groups in total. The van der Waals surface area contributed by atoms with Crippen LogP contribution in [0.1, 0.15) is 26.5 Å². The van der Waals surface area contributed by atoms with Gasteiger partial charge in [-0.25, -0.2) is 17.9 Å². The number of carbonyl (C=O) groups excluding carboxylic acids is 1. The number of amides is 2. The van der Waals surface area contributed by atoms with E-state index in [-0.39, 0.29) is 18.1 Å². The predicted octanol–water partition coefficient (Wildman–Crippen LogP) is 1.80. The molecule has 2 aliphatic heterocycles. The lowest BCUT2D eigenvalue weighted by molar-refractivity contribution is -0.0195. The molecule has 1 saturated heterocycles. The first-order valence-electron chi connectivity index (χ1n) is 9.40. The number of aromatic nitrogens is 2. The molecule has 0 saturated carbocycles. The van der Waals surface area contributed by atoms with Crippen LogP contribution in [0.4, 0.5) is 4.79 Å². The Morgan fingerprint density at radius 2 is 2.03 bits per heavy atom. The fourth-order valence-electron chi connectivity index (χ4n) is 3.11. The standard InChI is InChI=1S/C17H28N4O6SSi/c1-17(2,3)29(4,5)26-9-7-13-6-8-18-20(13)14-10-15-12-19(11-14)16(22)21(15)27-28(23,24)25/h6,8,10,15H,7,9,11-12H2,1-5H3,(H,23,24,25)/p-1. The number of carbonyl (C=O) groups is 1. The van der Waals surface area contributed by atoms with Crippen molar-refractivity contribution in [3.05, 3.63) is 24.0 Å². The molecule has 12 heteroatoms. The highest BCUT2D eigenvalue weighted by Gasteiger charge is 2.43. The van der Waals surface area contributed by atoms with Crippen LogP contribution in [0, 0.1) is 0 Å². The van der Waals surface area contributed by atoms with Gasteiger partial charge < -0.3 is 13.9 Å². The van der Waals surface area contributed by atoms with Crippen LogP contribution in [0.15, 0.2) is 18.3 Å². The number of rotatable bonds is 7. The van der Waals surface area contributed by atoms with Gasteiger partial charge in [0.15, 0.2) is 8.32 Å². The minimum atomic E-state index is -5.03. The first-order chi connectivity index (χ1) is 13.3. The van der Waals surface area contributed by atoms with Crippen molar-refractivity contribution >= 4 is 30.4 Å². The van der Waals surface area contributed by atoms with Crippen LogP contribution in [0.3, 0.4) is 0 Å². The molecule has 3 heterocycles. The predicted molar refractivity (Wildman–Crippen MR) is 107 cm³/mol. The molecule has 2 bridgehead atoms. The van der Waals surface area contributed by atoms with Gasteiger partial charge in [-0.15, -0.1) is 0 Å². The molecule has 29 heavy (non-hydrogen) atoms. The minimum absolute atomic E-state index is 0.122. The number of hydrogen-bond donors (Lipinski definition) is 0. The van der Waals surface area contributed by atoms with Gasteiger partial charge in [-0.1, -0.05) is 20.8 Å². The van der Waals surface area contributed by atoms with Crippen molar-refractivity contribution in [1.29, 1.82) is 0 Å². The lowest BCUT2D eigenvalue weighted by Gasteiger charge is -2.36. The summed E-state index contributed by atoms with van der Waals surface area (Å²) in [7, 11) is -6.89. The van der Waals surface area contributed by atoms with E-state index in [4.69, 9.17) is 4.43 Å². The van der Waals surface area contributed by atoms with Crippen molar-refractivity contribution in [2.45, 2.75) is 51.4 Å². The number of urea groups is 1. The van der Waals surface area contributed by atoms with Crippen LogP contribution in [0.5, 0.6) is 0 Å². The summed E-state index contributed by atoms with van der Waals surface area (Å²) < 4.78 is 45.0. The number of nitrogens with zero attached hydrogens (tertiary/aromatic N) is 4. The Balaban J connectivity index is 1.73. The molecular weight excluding hydrogens is 416 g/mol. The van der Waals surface area contributed by atoms with Crippen molar-refractivity contribution in [2.75, 3.05) is 19.7 Å². The highest BCUT2D eigenvalue weighted by atomic mass is 32.3. The summed E-state index contributed by atoms with van der Waals surface area (Å²) in [5.74, 6) is 0. The summed E-state index contributed by atoms with van der Waals surface area (Å²) >= 11 is 0. The smallest absolute Gasteiger partial charge is 0.346 e. The van der Waals surface area contributed by atoms with Crippen LogP contribution in [-0.4, -0.2) is 72.8 Å². The Labute approximate surface area is 172 Å². The SMILES string of the molecule is CC(C)(C)[Si](C)(C)OCCc1ccnn1C1=CC2CN(C1)C(=O)N2OS(=O)(=O)[O-]. The van der Waals surface area contributed by atoms with Gasteiger partial charge in [-0.2, -0.15) is 14.4 Å². The summed E-state index contributed by atoms with van der Waals surface area (Å²) in [6, 6.07) is 0.561. The van der Waals surface area contributed by atoms with E-state index in [0.717, 1.165) is 11.4 Å². The van der Waals surface area contributed by atoms with Crippen molar-refractivity contribution in [3.8, 4) is 0 Å². The van der Waals surface area contributed by atoms with Crippen LogP contribution >= 0.6 is 0 Å². The van der Waals surface area contributed by atoms with Crippen molar-refractivity contribution in [3.63, 3.8) is 0 Å². The molecule has 0 aromatic carbocycles. The van der Waals surface area contributed by atoms with E-state index >= 15 is 0 Å². The van der Waals surface area contributed by atoms with Crippen LogP contribution in [0.25, 0.3) is 5.70 Å². The van der Waals surface area contributed by atoms with E-state index in [2.05, 4.69) is 43.2 Å². The second-order valence-electron chi connectivity index (χ2n) is 8.79. The van der Waals surface area contributed by atoms with Gasteiger partial charge in [0, 0.05) is 31.5 Å². The van der Waals surface area contributed by atoms with E-state index in [9.17, 15) is 17.8 Å². The zero-order valence-electron chi connectivity index (χ0n) is 17.3. The average molecular weight is 444 g/mol. The summed E-state index contributed by atoms with van der Waals surface area (Å²) in [4.78, 5) is 13.7. The summed E-state index contributed by atoms with van der Waals surface area (Å²) in [6.45, 7) is 12.0. The van der Waals surface area contributed by atoms with E-state index in [1.807, 2.05) is 6.07 Å². The van der Waals surface area contributed by atoms with Crippen molar-refractivity contribution < 1.29 is 26.5 Å². The molecular formula is C17H27N4O6SSi-. The first kappa shape index (κ1) is 22.0. The second-order valence-corrected chi connectivity index (χ2v) is 14.6. The molecule has 2 aliphatic rings. The van der Waals surface area contributed by atoms with Crippen molar-refractivity contribution in [2.24, 2.45) is 0 Å². The van der Waals surface area contributed by atoms with Gasteiger partial charge in [0.2, 0.25) is 10.4 Å². The molecule has 0 spiro atoms. The van der Waals surface area contributed by atoms with E-state index in [1.165, 1.54) is 4.90 Å². The largest absolute Gasteiger partial charge is 0.724 e. The fraction of sp³-hybridized carbons (Fsp3) is 0.647. The number of fused-ring (bicyclic) bond motifs is 2. The molecule has 1 fully saturated rings. The Hall–Kier alpha value is -1.73. The maximum atomic E-state index is 12.3. The van der Waals surface area contributed by atoms with Gasteiger partial charge in [-0.05, 0) is 30.3 Å². The lowest BCUT2D eigenvalue weighted by Crippen LogP contribution is -2.41. The molecule has 1 unspecified atom stereocenters. The molecule has 10 nitrogen and oxygen atoms in total. The van der Waals surface area contributed by atoms with Gasteiger partial charge >= 0.3 is 6.03 Å². The van der Waals surface area contributed by atoms with Gasteiger partial charge in [-0.3, -0.25) is 0 Å². The molecule has 1 aromatic rings. The molecule has 2 amide bonds. The summed E-state index contributed by atoms with van der Waals surface area (Å²) in [6.07, 6.45) is 4.03. The first-order valence-corrected chi connectivity index (χ1v) is 13.6. The second kappa shape index (κ2) is 7.51. The normalized spacial score (nSPS) is 20.4.